The Morgan fingerprint density at radius 1 is 1.18 bits per heavy atom. The van der Waals surface area contributed by atoms with Crippen molar-refractivity contribution in [3.05, 3.63) is 76.3 Å². The van der Waals surface area contributed by atoms with E-state index in [1.54, 1.807) is 31.4 Å². The molecule has 28 heavy (non-hydrogen) atoms. The number of nitrogens with zero attached hydrogens (tertiary/aromatic N) is 2. The lowest BCUT2D eigenvalue weighted by molar-refractivity contribution is -0.139. The minimum atomic E-state index is -0.678. The molecule has 0 atom stereocenters. The van der Waals surface area contributed by atoms with E-state index in [0.29, 0.717) is 17.0 Å². The molecule has 0 fully saturated rings. The number of carbonyl (C=O) groups is 1. The monoisotopic (exact) mass is 390 g/mol. The fraction of sp³-hybridized carbons (Fsp3) is 0.136. The Balaban J connectivity index is 1.64. The maximum Gasteiger partial charge on any atom is 0.349 e. The molecule has 2 aromatic carbocycles. The van der Waals surface area contributed by atoms with E-state index in [9.17, 15) is 10.1 Å². The van der Waals surface area contributed by atoms with E-state index < -0.39 is 5.97 Å². The molecule has 3 rings (SSSR count). The number of hydrogen-bond acceptors (Lipinski definition) is 6. The van der Waals surface area contributed by atoms with Gasteiger partial charge in [-0.3, -0.25) is 0 Å². The van der Waals surface area contributed by atoms with Crippen molar-refractivity contribution in [2.75, 3.05) is 7.11 Å². The molecule has 6 heteroatoms. The van der Waals surface area contributed by atoms with E-state index in [1.165, 1.54) is 23.0 Å². The molecule has 0 bridgehead atoms. The van der Waals surface area contributed by atoms with Crippen LogP contribution in [0.2, 0.25) is 0 Å². The van der Waals surface area contributed by atoms with E-state index >= 15 is 0 Å². The largest absolute Gasteiger partial charge is 0.497 e. The topological polar surface area (TPSA) is 72.2 Å². The first-order valence-electron chi connectivity index (χ1n) is 8.53. The van der Waals surface area contributed by atoms with Crippen LogP contribution in [0.4, 0.5) is 0 Å². The third kappa shape index (κ3) is 4.84. The Hall–Kier alpha value is -3.43. The van der Waals surface area contributed by atoms with Gasteiger partial charge in [-0.05, 0) is 30.7 Å². The SMILES string of the molecule is COc1ccc(/C=C(\C#N)C(=O)OCc2csc(-c3ccc(C)cc3)n2)cc1. The highest BCUT2D eigenvalue weighted by molar-refractivity contribution is 7.13. The van der Waals surface area contributed by atoms with Gasteiger partial charge in [0.05, 0.1) is 12.8 Å². The summed E-state index contributed by atoms with van der Waals surface area (Å²) >= 11 is 1.49. The van der Waals surface area contributed by atoms with Gasteiger partial charge in [0.2, 0.25) is 0 Å². The van der Waals surface area contributed by atoms with Crippen molar-refractivity contribution < 1.29 is 14.3 Å². The number of thiazole rings is 1. The number of nitriles is 1. The minimum Gasteiger partial charge on any atom is -0.497 e. The van der Waals surface area contributed by atoms with Crippen LogP contribution in [0.5, 0.6) is 5.75 Å². The Kier molecular flexibility index (Phi) is 6.20. The second kappa shape index (κ2) is 8.98. The van der Waals surface area contributed by atoms with Crippen LogP contribution >= 0.6 is 11.3 Å². The highest BCUT2D eigenvalue weighted by atomic mass is 32.1. The molecule has 140 valence electrons. The second-order valence-corrected chi connectivity index (χ2v) is 6.89. The van der Waals surface area contributed by atoms with Gasteiger partial charge in [-0.15, -0.1) is 11.3 Å². The summed E-state index contributed by atoms with van der Waals surface area (Å²) in [5.74, 6) is 0.0225. The molecule has 1 heterocycles. The van der Waals surface area contributed by atoms with Crippen LogP contribution in [-0.2, 0) is 16.1 Å². The van der Waals surface area contributed by atoms with Gasteiger partial charge in [0.25, 0.3) is 0 Å². The molecule has 0 aliphatic carbocycles. The maximum atomic E-state index is 12.2. The molecule has 0 aliphatic rings. The summed E-state index contributed by atoms with van der Waals surface area (Å²) < 4.78 is 10.3. The number of aryl methyl sites for hydroxylation is 1. The maximum absolute atomic E-state index is 12.2. The molecule has 5 nitrogen and oxygen atoms in total. The van der Waals surface area contributed by atoms with Crippen molar-refractivity contribution in [2.24, 2.45) is 0 Å². The highest BCUT2D eigenvalue weighted by Crippen LogP contribution is 2.24. The summed E-state index contributed by atoms with van der Waals surface area (Å²) in [6.07, 6.45) is 1.49. The lowest BCUT2D eigenvalue weighted by atomic mass is 10.1. The summed E-state index contributed by atoms with van der Waals surface area (Å²) in [7, 11) is 1.58. The summed E-state index contributed by atoms with van der Waals surface area (Å²) in [5, 5.41) is 12.0. The summed E-state index contributed by atoms with van der Waals surface area (Å²) in [5.41, 5.74) is 3.49. The van der Waals surface area contributed by atoms with E-state index in [0.717, 1.165) is 10.6 Å². The van der Waals surface area contributed by atoms with Gasteiger partial charge in [-0.1, -0.05) is 42.0 Å². The summed E-state index contributed by atoms with van der Waals surface area (Å²) in [4.78, 5) is 16.7. The zero-order chi connectivity index (χ0) is 19.9. The number of rotatable bonds is 6. The molecule has 0 spiro atoms. The van der Waals surface area contributed by atoms with Crippen molar-refractivity contribution in [2.45, 2.75) is 13.5 Å². The number of hydrogen-bond donors (Lipinski definition) is 0. The van der Waals surface area contributed by atoms with Crippen molar-refractivity contribution in [1.29, 1.82) is 5.26 Å². The summed E-state index contributed by atoms with van der Waals surface area (Å²) in [6.45, 7) is 2.05. The third-order valence-electron chi connectivity index (χ3n) is 3.97. The molecule has 0 saturated heterocycles. The van der Waals surface area contributed by atoms with Gasteiger partial charge < -0.3 is 9.47 Å². The molecule has 0 N–H and O–H groups in total. The Morgan fingerprint density at radius 2 is 1.89 bits per heavy atom. The Bertz CT molecular complexity index is 1030. The van der Waals surface area contributed by atoms with Crippen LogP contribution in [0.15, 0.2) is 59.5 Å². The number of esters is 1. The van der Waals surface area contributed by atoms with Crippen LogP contribution in [0.25, 0.3) is 16.6 Å². The minimum absolute atomic E-state index is 0.0167. The molecule has 0 amide bonds. The van der Waals surface area contributed by atoms with Gasteiger partial charge >= 0.3 is 5.97 Å². The fourth-order valence-corrected chi connectivity index (χ4v) is 3.23. The first-order chi connectivity index (χ1) is 13.6. The average Bonchev–Trinajstić information content (AvgIpc) is 3.20. The number of carbonyl (C=O) groups excluding carboxylic acids is 1. The smallest absolute Gasteiger partial charge is 0.349 e. The van der Waals surface area contributed by atoms with Crippen molar-refractivity contribution in [1.82, 2.24) is 4.98 Å². The number of benzene rings is 2. The second-order valence-electron chi connectivity index (χ2n) is 6.03. The van der Waals surface area contributed by atoms with Crippen LogP contribution in [0.3, 0.4) is 0 Å². The van der Waals surface area contributed by atoms with Gasteiger partial charge in [0.1, 0.15) is 29.0 Å². The Labute approximate surface area is 167 Å². The van der Waals surface area contributed by atoms with E-state index in [1.807, 2.05) is 42.6 Å². The predicted molar refractivity (Wildman–Crippen MR) is 109 cm³/mol. The zero-order valence-electron chi connectivity index (χ0n) is 15.5. The molecular weight excluding hydrogens is 372 g/mol. The highest BCUT2D eigenvalue weighted by Gasteiger charge is 2.13. The third-order valence-corrected chi connectivity index (χ3v) is 4.91. The van der Waals surface area contributed by atoms with Crippen molar-refractivity contribution >= 4 is 23.4 Å². The van der Waals surface area contributed by atoms with Crippen molar-refractivity contribution in [3.8, 4) is 22.4 Å². The van der Waals surface area contributed by atoms with Gasteiger partial charge in [0.15, 0.2) is 0 Å². The number of methoxy groups -OCH3 is 1. The molecule has 0 radical (unpaired) electrons. The van der Waals surface area contributed by atoms with Crippen LogP contribution in [-0.4, -0.2) is 18.1 Å². The number of aromatic nitrogens is 1. The lowest BCUT2D eigenvalue weighted by Gasteiger charge is -2.03. The molecular formula is C22H18N2O3S. The predicted octanol–water partition coefficient (Wildman–Crippen LogP) is 4.78. The summed E-state index contributed by atoms with van der Waals surface area (Å²) in [6, 6.07) is 17.0. The Morgan fingerprint density at radius 3 is 2.54 bits per heavy atom. The normalized spacial score (nSPS) is 11.0. The standard InChI is InChI=1S/C22H18N2O3S/c1-15-3-7-17(8-4-15)21-24-19(14-28-21)13-27-22(25)18(12-23)11-16-5-9-20(26-2)10-6-16/h3-11,14H,13H2,1-2H3/b18-11+. The molecule has 3 aromatic rings. The quantitative estimate of drug-likeness (QED) is 0.344. The number of ether oxygens (including phenoxy) is 2. The van der Waals surface area contributed by atoms with Gasteiger partial charge in [-0.25, -0.2) is 9.78 Å². The van der Waals surface area contributed by atoms with E-state index in [4.69, 9.17) is 9.47 Å². The fourth-order valence-electron chi connectivity index (χ4n) is 2.42. The zero-order valence-corrected chi connectivity index (χ0v) is 16.3. The van der Waals surface area contributed by atoms with Gasteiger partial charge in [-0.2, -0.15) is 5.26 Å². The average molecular weight is 390 g/mol. The molecule has 0 unspecified atom stereocenters. The van der Waals surface area contributed by atoms with Gasteiger partial charge in [0, 0.05) is 10.9 Å². The van der Waals surface area contributed by atoms with E-state index in [2.05, 4.69) is 4.98 Å². The van der Waals surface area contributed by atoms with Crippen LogP contribution < -0.4 is 4.74 Å². The molecule has 1 aromatic heterocycles. The molecule has 0 aliphatic heterocycles. The lowest BCUT2D eigenvalue weighted by Crippen LogP contribution is -2.07. The first kappa shape index (κ1) is 19.3. The van der Waals surface area contributed by atoms with E-state index in [-0.39, 0.29) is 12.2 Å². The first-order valence-corrected chi connectivity index (χ1v) is 9.41. The van der Waals surface area contributed by atoms with Crippen molar-refractivity contribution in [3.63, 3.8) is 0 Å². The van der Waals surface area contributed by atoms with Crippen LogP contribution in [0.1, 0.15) is 16.8 Å². The van der Waals surface area contributed by atoms with Crippen LogP contribution in [0, 0.1) is 18.3 Å². The molecule has 0 saturated carbocycles.